The maximum Gasteiger partial charge on any atom is 0.127 e. The van der Waals surface area contributed by atoms with E-state index in [-0.39, 0.29) is 0 Å². The highest BCUT2D eigenvalue weighted by molar-refractivity contribution is 8.01. The Labute approximate surface area is 179 Å². The normalized spacial score (nSPS) is 11.2. The van der Waals surface area contributed by atoms with Gasteiger partial charge in [0, 0.05) is 15.8 Å². The van der Waals surface area contributed by atoms with Crippen molar-refractivity contribution in [1.29, 1.82) is 0 Å². The van der Waals surface area contributed by atoms with E-state index < -0.39 is 0 Å². The molecule has 0 spiro atoms. The fourth-order valence-corrected chi connectivity index (χ4v) is 5.92. The number of nitrogens with zero attached hydrogens (tertiary/aromatic N) is 1. The van der Waals surface area contributed by atoms with Gasteiger partial charge in [-0.3, -0.25) is 0 Å². The second kappa shape index (κ2) is 8.60. The minimum atomic E-state index is 0.859. The molecule has 4 rings (SSSR count). The number of rotatable bonds is 6. The van der Waals surface area contributed by atoms with Crippen LogP contribution in [0.3, 0.4) is 0 Å². The van der Waals surface area contributed by atoms with Crippen molar-refractivity contribution in [2.24, 2.45) is 0 Å². The third kappa shape index (κ3) is 3.79. The van der Waals surface area contributed by atoms with E-state index in [9.17, 15) is 0 Å². The second-order valence-corrected chi connectivity index (χ2v) is 9.47. The van der Waals surface area contributed by atoms with E-state index >= 15 is 0 Å². The van der Waals surface area contributed by atoms with Crippen LogP contribution in [0.2, 0.25) is 0 Å². The van der Waals surface area contributed by atoms with Crippen LogP contribution in [0.25, 0.3) is 32.6 Å². The van der Waals surface area contributed by atoms with Gasteiger partial charge in [-0.2, -0.15) is 0 Å². The lowest BCUT2D eigenvalue weighted by molar-refractivity contribution is 0.897. The zero-order valence-corrected chi connectivity index (χ0v) is 18.2. The van der Waals surface area contributed by atoms with Crippen molar-refractivity contribution >= 4 is 51.6 Å². The molecule has 0 aliphatic carbocycles. The lowest BCUT2D eigenvalue weighted by atomic mass is 10.00. The molecule has 4 aromatic rings. The summed E-state index contributed by atoms with van der Waals surface area (Å²) in [6.45, 7) is 2.21. The summed E-state index contributed by atoms with van der Waals surface area (Å²) < 4.78 is 1.17. The van der Waals surface area contributed by atoms with Crippen molar-refractivity contribution in [1.82, 2.24) is 4.98 Å². The van der Waals surface area contributed by atoms with Crippen LogP contribution < -0.4 is 5.73 Å². The molecule has 0 amide bonds. The van der Waals surface area contributed by atoms with Crippen LogP contribution in [0, 0.1) is 0 Å². The van der Waals surface area contributed by atoms with E-state index in [1.807, 2.05) is 36.0 Å². The van der Waals surface area contributed by atoms with Gasteiger partial charge in [-0.25, -0.2) is 4.98 Å². The number of pyridine rings is 1. The Hall–Kier alpha value is -1.95. The van der Waals surface area contributed by atoms with Crippen molar-refractivity contribution in [2.75, 3.05) is 11.5 Å². The largest absolute Gasteiger partial charge is 0.397 e. The maximum absolute atomic E-state index is 6.61. The number of thiol groups is 1. The first kappa shape index (κ1) is 19.4. The smallest absolute Gasteiger partial charge is 0.127 e. The van der Waals surface area contributed by atoms with Crippen molar-refractivity contribution < 1.29 is 0 Å². The first-order valence-corrected chi connectivity index (χ1v) is 11.6. The molecule has 28 heavy (non-hydrogen) atoms. The van der Waals surface area contributed by atoms with Crippen LogP contribution in [0.4, 0.5) is 5.69 Å². The summed E-state index contributed by atoms with van der Waals surface area (Å²) in [7, 11) is 0. The maximum atomic E-state index is 6.61. The van der Waals surface area contributed by atoms with Crippen LogP contribution >= 0.6 is 35.7 Å². The van der Waals surface area contributed by atoms with E-state index in [0.29, 0.717) is 0 Å². The SMILES string of the molecule is CCCCSc1sc2nc(-c3ccccc3S)cc(-c3ccccc3)c2c1N. The molecule has 0 saturated carbocycles. The number of fused-ring (bicyclic) bond motifs is 1. The van der Waals surface area contributed by atoms with Gasteiger partial charge in [0.1, 0.15) is 4.83 Å². The van der Waals surface area contributed by atoms with E-state index in [1.54, 1.807) is 11.3 Å². The number of nitrogen functional groups attached to an aromatic ring is 1. The molecule has 0 aliphatic rings. The topological polar surface area (TPSA) is 38.9 Å². The van der Waals surface area contributed by atoms with E-state index in [0.717, 1.165) is 48.9 Å². The number of nitrogens with two attached hydrogens (primary N) is 1. The van der Waals surface area contributed by atoms with E-state index in [2.05, 4.69) is 56.0 Å². The molecule has 0 fully saturated rings. The number of hydrogen-bond acceptors (Lipinski definition) is 5. The van der Waals surface area contributed by atoms with Gasteiger partial charge in [0.05, 0.1) is 15.6 Å². The highest BCUT2D eigenvalue weighted by Gasteiger charge is 2.18. The molecule has 2 N–H and O–H groups in total. The van der Waals surface area contributed by atoms with Gasteiger partial charge >= 0.3 is 0 Å². The highest BCUT2D eigenvalue weighted by Crippen LogP contribution is 2.45. The molecule has 142 valence electrons. The number of anilines is 1. The third-order valence-electron chi connectivity index (χ3n) is 4.66. The summed E-state index contributed by atoms with van der Waals surface area (Å²) in [5.41, 5.74) is 11.7. The standard InChI is InChI=1S/C23H22N2S3/c1-2-3-13-27-23-21(24)20-17(15-9-5-4-6-10-15)14-18(25-22(20)28-23)16-11-7-8-12-19(16)26/h4-12,14,26H,2-3,13,24H2,1H3. The molecular weight excluding hydrogens is 400 g/mol. The molecule has 0 radical (unpaired) electrons. The zero-order valence-electron chi connectivity index (χ0n) is 15.7. The first-order valence-electron chi connectivity index (χ1n) is 9.38. The monoisotopic (exact) mass is 422 g/mol. The summed E-state index contributed by atoms with van der Waals surface area (Å²) in [5.74, 6) is 1.08. The average Bonchev–Trinajstić information content (AvgIpc) is 3.04. The Morgan fingerprint density at radius 3 is 2.54 bits per heavy atom. The van der Waals surface area contributed by atoms with Crippen molar-refractivity contribution in [3.05, 3.63) is 60.7 Å². The van der Waals surface area contributed by atoms with Gasteiger partial charge in [0.2, 0.25) is 0 Å². The molecule has 0 unspecified atom stereocenters. The van der Waals surface area contributed by atoms with Crippen molar-refractivity contribution in [2.45, 2.75) is 28.9 Å². The molecule has 0 atom stereocenters. The van der Waals surface area contributed by atoms with Crippen LogP contribution in [0.1, 0.15) is 19.8 Å². The first-order chi connectivity index (χ1) is 13.7. The minimum absolute atomic E-state index is 0.859. The number of thioether (sulfide) groups is 1. The summed E-state index contributed by atoms with van der Waals surface area (Å²) in [5, 5.41) is 1.07. The number of thiophene rings is 1. The molecule has 2 nitrogen and oxygen atoms in total. The number of benzene rings is 2. The van der Waals surface area contributed by atoms with Crippen LogP contribution in [0.5, 0.6) is 0 Å². The zero-order chi connectivity index (χ0) is 19.5. The number of aromatic nitrogens is 1. The predicted molar refractivity (Wildman–Crippen MR) is 128 cm³/mol. The second-order valence-electron chi connectivity index (χ2n) is 6.62. The lowest BCUT2D eigenvalue weighted by Gasteiger charge is -2.10. The van der Waals surface area contributed by atoms with Gasteiger partial charge in [0.25, 0.3) is 0 Å². The molecule has 2 heterocycles. The number of hydrogen-bond donors (Lipinski definition) is 2. The van der Waals surface area contributed by atoms with Crippen molar-refractivity contribution in [3.63, 3.8) is 0 Å². The van der Waals surface area contributed by atoms with Crippen LogP contribution in [0.15, 0.2) is 69.8 Å². The predicted octanol–water partition coefficient (Wildman–Crippen LogP) is 7.39. The third-order valence-corrected chi connectivity index (χ3v) is 7.52. The van der Waals surface area contributed by atoms with E-state index in [1.165, 1.54) is 17.1 Å². The molecule has 0 saturated heterocycles. The highest BCUT2D eigenvalue weighted by atomic mass is 32.2. The van der Waals surface area contributed by atoms with Crippen molar-refractivity contribution in [3.8, 4) is 22.4 Å². The Morgan fingerprint density at radius 2 is 1.79 bits per heavy atom. The Kier molecular flexibility index (Phi) is 5.95. The Bertz CT molecular complexity index is 1100. The van der Waals surface area contributed by atoms with Crippen LogP contribution in [-0.2, 0) is 0 Å². The molecule has 0 aliphatic heterocycles. The molecule has 5 heteroatoms. The lowest BCUT2D eigenvalue weighted by Crippen LogP contribution is -1.91. The fraction of sp³-hybridized carbons (Fsp3) is 0.174. The average molecular weight is 423 g/mol. The molecule has 0 bridgehead atoms. The summed E-state index contributed by atoms with van der Waals surface area (Å²) in [4.78, 5) is 6.90. The summed E-state index contributed by atoms with van der Waals surface area (Å²) in [6.07, 6.45) is 2.38. The van der Waals surface area contributed by atoms with Gasteiger partial charge in [0.15, 0.2) is 0 Å². The van der Waals surface area contributed by atoms with Gasteiger partial charge in [-0.1, -0.05) is 61.9 Å². The summed E-state index contributed by atoms with van der Waals surface area (Å²) >= 11 is 8.19. The van der Waals surface area contributed by atoms with Crippen LogP contribution in [-0.4, -0.2) is 10.7 Å². The fourth-order valence-electron chi connectivity index (χ4n) is 3.19. The van der Waals surface area contributed by atoms with Gasteiger partial charge < -0.3 is 5.73 Å². The number of unbranched alkanes of at least 4 members (excludes halogenated alkanes) is 1. The Morgan fingerprint density at radius 1 is 1.04 bits per heavy atom. The Balaban J connectivity index is 1.93. The van der Waals surface area contributed by atoms with E-state index in [4.69, 9.17) is 10.7 Å². The minimum Gasteiger partial charge on any atom is -0.397 e. The molecule has 2 aromatic carbocycles. The van der Waals surface area contributed by atoms with Gasteiger partial charge in [-0.05, 0) is 35.4 Å². The van der Waals surface area contributed by atoms with Gasteiger partial charge in [-0.15, -0.1) is 35.7 Å². The quantitative estimate of drug-likeness (QED) is 0.193. The summed E-state index contributed by atoms with van der Waals surface area (Å²) in [6, 6.07) is 20.7. The molecular formula is C23H22N2S3. The molecule has 2 aromatic heterocycles.